The van der Waals surface area contributed by atoms with Gasteiger partial charge in [-0.15, -0.1) is 0 Å². The van der Waals surface area contributed by atoms with Crippen LogP contribution in [0.5, 0.6) is 0 Å². The number of aromatic carboxylic acids is 1. The van der Waals surface area contributed by atoms with Gasteiger partial charge in [-0.3, -0.25) is 0 Å². The molecule has 4 heteroatoms. The Labute approximate surface area is 116 Å². The Bertz CT molecular complexity index is 461. The fourth-order valence-corrected chi connectivity index (χ4v) is 2.95. The Morgan fingerprint density at radius 1 is 1.39 bits per heavy atom. The van der Waals surface area contributed by atoms with E-state index in [1.807, 2.05) is 6.07 Å². The molecule has 0 saturated heterocycles. The summed E-state index contributed by atoms with van der Waals surface area (Å²) in [7, 11) is 0. The van der Waals surface area contributed by atoms with Crippen LogP contribution in [0, 0.1) is 11.8 Å². The zero-order valence-corrected chi connectivity index (χ0v) is 12.2. The second kappa shape index (κ2) is 5.31. The van der Waals surface area contributed by atoms with Crippen LogP contribution >= 0.6 is 15.9 Å². The van der Waals surface area contributed by atoms with E-state index in [9.17, 15) is 9.90 Å². The molecule has 3 nitrogen and oxygen atoms in total. The average Bonchev–Trinajstić information content (AvgIpc) is 2.61. The Morgan fingerprint density at radius 2 is 2.11 bits per heavy atom. The van der Waals surface area contributed by atoms with Gasteiger partial charge in [-0.25, -0.2) is 4.79 Å². The van der Waals surface area contributed by atoms with Crippen LogP contribution in [0.15, 0.2) is 22.7 Å². The molecule has 0 aromatic heterocycles. The summed E-state index contributed by atoms with van der Waals surface area (Å²) in [6, 6.07) is 5.61. The van der Waals surface area contributed by atoms with Crippen LogP contribution < -0.4 is 5.32 Å². The number of carbonyl (C=O) groups is 1. The van der Waals surface area contributed by atoms with E-state index < -0.39 is 5.97 Å². The first-order valence-electron chi connectivity index (χ1n) is 6.28. The summed E-state index contributed by atoms with van der Waals surface area (Å²) in [6.07, 6.45) is 2.31. The standard InChI is InChI=1S/C14H18BrNO2/c1-8-3-6-12(9(8)2)16-13-7-10(15)4-5-11(13)14(17)18/h4-5,7-9,12,16H,3,6H2,1-2H3,(H,17,18). The van der Waals surface area contributed by atoms with E-state index in [4.69, 9.17) is 0 Å². The number of carboxylic acids is 1. The predicted octanol–water partition coefficient (Wildman–Crippen LogP) is 3.99. The average molecular weight is 312 g/mol. The van der Waals surface area contributed by atoms with Crippen molar-refractivity contribution in [2.45, 2.75) is 32.7 Å². The van der Waals surface area contributed by atoms with Crippen molar-refractivity contribution < 1.29 is 9.90 Å². The molecule has 0 spiro atoms. The van der Waals surface area contributed by atoms with Gasteiger partial charge in [-0.2, -0.15) is 0 Å². The van der Waals surface area contributed by atoms with Gasteiger partial charge >= 0.3 is 5.97 Å². The molecule has 0 bridgehead atoms. The maximum Gasteiger partial charge on any atom is 0.337 e. The van der Waals surface area contributed by atoms with Crippen molar-refractivity contribution in [2.24, 2.45) is 11.8 Å². The zero-order valence-electron chi connectivity index (χ0n) is 10.6. The van der Waals surface area contributed by atoms with E-state index in [1.165, 1.54) is 6.42 Å². The summed E-state index contributed by atoms with van der Waals surface area (Å²) in [5.74, 6) is 0.386. The fourth-order valence-electron chi connectivity index (χ4n) is 2.59. The molecule has 2 rings (SSSR count). The van der Waals surface area contributed by atoms with E-state index in [1.54, 1.807) is 12.1 Å². The summed E-state index contributed by atoms with van der Waals surface area (Å²) < 4.78 is 0.897. The number of anilines is 1. The first-order valence-corrected chi connectivity index (χ1v) is 7.07. The Hall–Kier alpha value is -1.03. The van der Waals surface area contributed by atoms with Crippen LogP contribution in [-0.4, -0.2) is 17.1 Å². The molecular formula is C14H18BrNO2. The van der Waals surface area contributed by atoms with Crippen molar-refractivity contribution >= 4 is 27.6 Å². The third-order valence-electron chi connectivity index (χ3n) is 4.02. The summed E-state index contributed by atoms with van der Waals surface area (Å²) in [5.41, 5.74) is 1.05. The Kier molecular flexibility index (Phi) is 3.95. The lowest BCUT2D eigenvalue weighted by Gasteiger charge is -2.22. The molecule has 1 fully saturated rings. The van der Waals surface area contributed by atoms with Crippen LogP contribution in [0.2, 0.25) is 0 Å². The fraction of sp³-hybridized carbons (Fsp3) is 0.500. The SMILES string of the molecule is CC1CCC(Nc2cc(Br)ccc2C(=O)O)C1C. The van der Waals surface area contributed by atoms with Crippen molar-refractivity contribution in [1.29, 1.82) is 0 Å². The monoisotopic (exact) mass is 311 g/mol. The van der Waals surface area contributed by atoms with Crippen LogP contribution in [0.25, 0.3) is 0 Å². The van der Waals surface area contributed by atoms with Crippen molar-refractivity contribution in [3.63, 3.8) is 0 Å². The minimum absolute atomic E-state index is 0.338. The Balaban J connectivity index is 2.23. The molecule has 18 heavy (non-hydrogen) atoms. The highest BCUT2D eigenvalue weighted by atomic mass is 79.9. The molecule has 1 aliphatic rings. The number of halogens is 1. The van der Waals surface area contributed by atoms with Crippen molar-refractivity contribution in [2.75, 3.05) is 5.32 Å². The highest BCUT2D eigenvalue weighted by Crippen LogP contribution is 2.34. The minimum Gasteiger partial charge on any atom is -0.478 e. The highest BCUT2D eigenvalue weighted by Gasteiger charge is 2.30. The van der Waals surface area contributed by atoms with E-state index >= 15 is 0 Å². The molecule has 3 atom stereocenters. The topological polar surface area (TPSA) is 49.3 Å². The maximum atomic E-state index is 11.2. The van der Waals surface area contributed by atoms with E-state index in [-0.39, 0.29) is 0 Å². The number of nitrogens with one attached hydrogen (secondary N) is 1. The normalized spacial score (nSPS) is 27.2. The number of carboxylic acid groups (broad SMARTS) is 1. The zero-order chi connectivity index (χ0) is 13.3. The lowest BCUT2D eigenvalue weighted by Crippen LogP contribution is -2.25. The third kappa shape index (κ3) is 2.69. The number of rotatable bonds is 3. The minimum atomic E-state index is -0.885. The molecule has 1 aliphatic carbocycles. The van der Waals surface area contributed by atoms with Gasteiger partial charge in [0.05, 0.1) is 11.3 Å². The maximum absolute atomic E-state index is 11.2. The lowest BCUT2D eigenvalue weighted by atomic mass is 9.97. The second-order valence-electron chi connectivity index (χ2n) is 5.16. The van der Waals surface area contributed by atoms with Crippen LogP contribution in [0.3, 0.4) is 0 Å². The molecular weight excluding hydrogens is 294 g/mol. The highest BCUT2D eigenvalue weighted by molar-refractivity contribution is 9.10. The number of hydrogen-bond donors (Lipinski definition) is 2. The number of hydrogen-bond acceptors (Lipinski definition) is 2. The quantitative estimate of drug-likeness (QED) is 0.887. The first-order chi connectivity index (χ1) is 8.49. The van der Waals surface area contributed by atoms with Gasteiger partial charge in [0.2, 0.25) is 0 Å². The van der Waals surface area contributed by atoms with Gasteiger partial charge in [0.15, 0.2) is 0 Å². The second-order valence-corrected chi connectivity index (χ2v) is 6.08. The van der Waals surface area contributed by atoms with E-state index in [2.05, 4.69) is 35.1 Å². The van der Waals surface area contributed by atoms with Crippen LogP contribution in [0.4, 0.5) is 5.69 Å². The van der Waals surface area contributed by atoms with E-state index in [0.29, 0.717) is 29.1 Å². The van der Waals surface area contributed by atoms with Crippen LogP contribution in [0.1, 0.15) is 37.0 Å². The smallest absolute Gasteiger partial charge is 0.337 e. The molecule has 0 radical (unpaired) electrons. The lowest BCUT2D eigenvalue weighted by molar-refractivity contribution is 0.0698. The van der Waals surface area contributed by atoms with Crippen molar-refractivity contribution in [3.8, 4) is 0 Å². The summed E-state index contributed by atoms with van der Waals surface area (Å²) in [6.45, 7) is 4.49. The molecule has 98 valence electrons. The molecule has 3 unspecified atom stereocenters. The summed E-state index contributed by atoms with van der Waals surface area (Å²) in [5, 5.41) is 12.6. The molecule has 1 aromatic carbocycles. The molecule has 0 aliphatic heterocycles. The van der Waals surface area contributed by atoms with Gasteiger partial charge in [0.1, 0.15) is 0 Å². The van der Waals surface area contributed by atoms with E-state index in [0.717, 1.165) is 10.9 Å². The summed E-state index contributed by atoms with van der Waals surface area (Å²) in [4.78, 5) is 11.2. The van der Waals surface area contributed by atoms with Gasteiger partial charge in [-0.1, -0.05) is 29.8 Å². The van der Waals surface area contributed by atoms with Gasteiger partial charge < -0.3 is 10.4 Å². The van der Waals surface area contributed by atoms with Gasteiger partial charge in [0, 0.05) is 10.5 Å². The van der Waals surface area contributed by atoms with Crippen molar-refractivity contribution in [1.82, 2.24) is 0 Å². The molecule has 1 saturated carbocycles. The largest absolute Gasteiger partial charge is 0.478 e. The molecule has 2 N–H and O–H groups in total. The predicted molar refractivity (Wildman–Crippen MR) is 76.1 cm³/mol. The third-order valence-corrected chi connectivity index (χ3v) is 4.51. The molecule has 0 amide bonds. The number of benzene rings is 1. The van der Waals surface area contributed by atoms with Crippen LogP contribution in [-0.2, 0) is 0 Å². The van der Waals surface area contributed by atoms with Crippen molar-refractivity contribution in [3.05, 3.63) is 28.2 Å². The van der Waals surface area contributed by atoms with Gasteiger partial charge in [-0.05, 0) is 42.9 Å². The summed E-state index contributed by atoms with van der Waals surface area (Å²) >= 11 is 3.39. The first kappa shape index (κ1) is 13.4. The molecule has 0 heterocycles. The van der Waals surface area contributed by atoms with Gasteiger partial charge in [0.25, 0.3) is 0 Å². The molecule has 1 aromatic rings. The Morgan fingerprint density at radius 3 is 2.67 bits per heavy atom.